The standard InChI is InChI=1S/C21H26ClN3O3.ClH/c1-3-12-28-18-5-4-15(13-17(18)22)24-20(26)19-14(2)8-11-25(21(19)27)16-6-9-23-10-7-16;/h4-5,8,11,13,16,23H,3,6-7,9-10,12H2,1-2H3,(H,24,26);1H. The number of carbonyl (C=O) groups is 1. The summed E-state index contributed by atoms with van der Waals surface area (Å²) in [6.07, 6.45) is 4.42. The van der Waals surface area contributed by atoms with Gasteiger partial charge in [0, 0.05) is 17.9 Å². The molecule has 0 radical (unpaired) electrons. The summed E-state index contributed by atoms with van der Waals surface area (Å²) in [5.74, 6) is 0.148. The van der Waals surface area contributed by atoms with Crippen LogP contribution in [-0.2, 0) is 0 Å². The molecule has 158 valence electrons. The van der Waals surface area contributed by atoms with Crippen molar-refractivity contribution in [1.82, 2.24) is 9.88 Å². The number of ether oxygens (including phenoxy) is 1. The molecular weight excluding hydrogens is 413 g/mol. The second kappa shape index (κ2) is 10.7. The minimum atomic E-state index is -0.427. The molecule has 0 unspecified atom stereocenters. The van der Waals surface area contributed by atoms with E-state index in [9.17, 15) is 9.59 Å². The average Bonchev–Trinajstić information content (AvgIpc) is 2.68. The van der Waals surface area contributed by atoms with Gasteiger partial charge in [0.15, 0.2) is 0 Å². The van der Waals surface area contributed by atoms with Gasteiger partial charge in [-0.2, -0.15) is 0 Å². The summed E-state index contributed by atoms with van der Waals surface area (Å²) in [6, 6.07) is 7.02. The van der Waals surface area contributed by atoms with Crippen LogP contribution in [0.5, 0.6) is 5.75 Å². The Balaban J connectivity index is 0.00000300. The maximum absolute atomic E-state index is 13.0. The van der Waals surface area contributed by atoms with Crippen molar-refractivity contribution in [1.29, 1.82) is 0 Å². The highest BCUT2D eigenvalue weighted by Gasteiger charge is 2.21. The van der Waals surface area contributed by atoms with E-state index in [-0.39, 0.29) is 29.6 Å². The number of hydrogen-bond acceptors (Lipinski definition) is 4. The Morgan fingerprint density at radius 3 is 2.69 bits per heavy atom. The summed E-state index contributed by atoms with van der Waals surface area (Å²) in [7, 11) is 0. The van der Waals surface area contributed by atoms with Crippen LogP contribution in [0.2, 0.25) is 5.02 Å². The number of anilines is 1. The van der Waals surface area contributed by atoms with Crippen LogP contribution in [0.25, 0.3) is 0 Å². The first-order chi connectivity index (χ1) is 13.5. The van der Waals surface area contributed by atoms with Crippen LogP contribution in [0.3, 0.4) is 0 Å². The number of pyridine rings is 1. The molecule has 0 aliphatic carbocycles. The van der Waals surface area contributed by atoms with Crippen LogP contribution in [0.1, 0.15) is 48.1 Å². The Bertz CT molecular complexity index is 909. The van der Waals surface area contributed by atoms with Gasteiger partial charge in [-0.25, -0.2) is 0 Å². The second-order valence-electron chi connectivity index (χ2n) is 7.02. The fraction of sp³-hybridized carbons (Fsp3) is 0.429. The van der Waals surface area contributed by atoms with Crippen molar-refractivity contribution in [2.24, 2.45) is 0 Å². The lowest BCUT2D eigenvalue weighted by Gasteiger charge is -2.25. The molecule has 1 saturated heterocycles. The first kappa shape index (κ1) is 23.3. The van der Waals surface area contributed by atoms with Crippen LogP contribution in [0.4, 0.5) is 5.69 Å². The van der Waals surface area contributed by atoms with Crippen molar-refractivity contribution in [2.75, 3.05) is 25.0 Å². The lowest BCUT2D eigenvalue weighted by Crippen LogP contribution is -2.37. The number of nitrogens with zero attached hydrogens (tertiary/aromatic N) is 1. The number of piperidine rings is 1. The number of carbonyl (C=O) groups excluding carboxylic acids is 1. The Hall–Kier alpha value is -2.02. The van der Waals surface area contributed by atoms with E-state index in [2.05, 4.69) is 10.6 Å². The van der Waals surface area contributed by atoms with Gasteiger partial charge in [0.2, 0.25) is 0 Å². The molecule has 0 saturated carbocycles. The monoisotopic (exact) mass is 439 g/mol. The zero-order chi connectivity index (χ0) is 20.1. The minimum Gasteiger partial charge on any atom is -0.492 e. The van der Waals surface area contributed by atoms with Crippen molar-refractivity contribution < 1.29 is 9.53 Å². The van der Waals surface area contributed by atoms with Crippen LogP contribution < -0.4 is 20.9 Å². The largest absolute Gasteiger partial charge is 0.492 e. The summed E-state index contributed by atoms with van der Waals surface area (Å²) < 4.78 is 7.24. The smallest absolute Gasteiger partial charge is 0.263 e. The van der Waals surface area contributed by atoms with Crippen molar-refractivity contribution in [3.8, 4) is 5.75 Å². The Labute approximate surface area is 182 Å². The molecule has 0 atom stereocenters. The molecule has 2 N–H and O–H groups in total. The van der Waals surface area contributed by atoms with E-state index < -0.39 is 5.91 Å². The zero-order valence-electron chi connectivity index (χ0n) is 16.7. The first-order valence-electron chi connectivity index (χ1n) is 9.67. The normalized spacial score (nSPS) is 14.2. The van der Waals surface area contributed by atoms with Gasteiger partial charge in [-0.1, -0.05) is 18.5 Å². The molecule has 2 aromatic rings. The summed E-state index contributed by atoms with van der Waals surface area (Å²) in [5.41, 5.74) is 1.10. The fourth-order valence-corrected chi connectivity index (χ4v) is 3.63. The molecular formula is C21H27Cl2N3O3. The third kappa shape index (κ3) is 5.53. The van der Waals surface area contributed by atoms with Crippen LogP contribution in [-0.4, -0.2) is 30.2 Å². The van der Waals surface area contributed by atoms with Gasteiger partial charge in [0.05, 0.1) is 11.6 Å². The van der Waals surface area contributed by atoms with Crippen LogP contribution in [0.15, 0.2) is 35.3 Å². The highest BCUT2D eigenvalue weighted by atomic mass is 35.5. The highest BCUT2D eigenvalue weighted by Crippen LogP contribution is 2.28. The quantitative estimate of drug-likeness (QED) is 0.707. The van der Waals surface area contributed by atoms with E-state index >= 15 is 0 Å². The topological polar surface area (TPSA) is 72.4 Å². The first-order valence-corrected chi connectivity index (χ1v) is 10.0. The van der Waals surface area contributed by atoms with Gasteiger partial charge in [-0.3, -0.25) is 9.59 Å². The van der Waals surface area contributed by atoms with Crippen molar-refractivity contribution in [2.45, 2.75) is 39.2 Å². The Morgan fingerprint density at radius 1 is 1.31 bits per heavy atom. The summed E-state index contributed by atoms with van der Waals surface area (Å²) >= 11 is 6.24. The summed E-state index contributed by atoms with van der Waals surface area (Å²) in [5, 5.41) is 6.50. The lowest BCUT2D eigenvalue weighted by atomic mass is 10.0. The van der Waals surface area contributed by atoms with E-state index in [0.29, 0.717) is 28.6 Å². The number of nitrogens with one attached hydrogen (secondary N) is 2. The van der Waals surface area contributed by atoms with Gasteiger partial charge < -0.3 is 19.9 Å². The molecule has 3 rings (SSSR count). The molecule has 0 spiro atoms. The third-order valence-corrected chi connectivity index (χ3v) is 5.20. The predicted molar refractivity (Wildman–Crippen MR) is 119 cm³/mol. The second-order valence-corrected chi connectivity index (χ2v) is 7.42. The van der Waals surface area contributed by atoms with Crippen molar-refractivity contribution in [3.63, 3.8) is 0 Å². The molecule has 1 aromatic carbocycles. The van der Waals surface area contributed by atoms with Crippen LogP contribution in [0, 0.1) is 6.92 Å². The van der Waals surface area contributed by atoms with E-state index in [1.807, 2.05) is 13.0 Å². The highest BCUT2D eigenvalue weighted by molar-refractivity contribution is 6.32. The molecule has 8 heteroatoms. The van der Waals surface area contributed by atoms with E-state index in [0.717, 1.165) is 32.4 Å². The van der Waals surface area contributed by atoms with E-state index in [1.165, 1.54) is 0 Å². The molecule has 1 fully saturated rings. The maximum atomic E-state index is 13.0. The fourth-order valence-electron chi connectivity index (χ4n) is 3.39. The number of rotatable bonds is 6. The zero-order valence-corrected chi connectivity index (χ0v) is 18.2. The third-order valence-electron chi connectivity index (χ3n) is 4.91. The number of halogens is 2. The van der Waals surface area contributed by atoms with Gasteiger partial charge >= 0.3 is 0 Å². The number of aryl methyl sites for hydroxylation is 1. The Morgan fingerprint density at radius 2 is 2.03 bits per heavy atom. The number of benzene rings is 1. The van der Waals surface area contributed by atoms with Crippen molar-refractivity contribution >= 4 is 35.6 Å². The minimum absolute atomic E-state index is 0. The van der Waals surface area contributed by atoms with Gasteiger partial charge in [-0.15, -0.1) is 12.4 Å². The molecule has 29 heavy (non-hydrogen) atoms. The number of hydrogen-bond donors (Lipinski definition) is 2. The van der Waals surface area contributed by atoms with E-state index in [4.69, 9.17) is 16.3 Å². The molecule has 1 aromatic heterocycles. The molecule has 0 bridgehead atoms. The summed E-state index contributed by atoms with van der Waals surface area (Å²) in [4.78, 5) is 25.8. The average molecular weight is 440 g/mol. The van der Waals surface area contributed by atoms with E-state index in [1.54, 1.807) is 35.9 Å². The lowest BCUT2D eigenvalue weighted by molar-refractivity contribution is 0.102. The van der Waals surface area contributed by atoms with Crippen molar-refractivity contribution in [3.05, 3.63) is 57.0 Å². The SMILES string of the molecule is CCCOc1ccc(NC(=O)c2c(C)ccn(C3CCNCC3)c2=O)cc1Cl.Cl. The molecule has 6 nitrogen and oxygen atoms in total. The van der Waals surface area contributed by atoms with Gasteiger partial charge in [-0.05, 0) is 69.1 Å². The Kier molecular flexibility index (Phi) is 8.56. The van der Waals surface area contributed by atoms with Gasteiger partial charge in [0.1, 0.15) is 11.3 Å². The maximum Gasteiger partial charge on any atom is 0.263 e. The number of aromatic nitrogens is 1. The molecule has 2 heterocycles. The van der Waals surface area contributed by atoms with Crippen LogP contribution >= 0.6 is 24.0 Å². The molecule has 1 aliphatic rings. The molecule has 1 aliphatic heterocycles. The molecule has 1 amide bonds. The predicted octanol–water partition coefficient (Wildman–Crippen LogP) is 4.20. The summed E-state index contributed by atoms with van der Waals surface area (Å²) in [6.45, 7) is 6.11. The van der Waals surface area contributed by atoms with Gasteiger partial charge in [0.25, 0.3) is 11.5 Å². The number of amides is 1.